The molecule has 1 aromatic rings. The van der Waals surface area contributed by atoms with Crippen molar-refractivity contribution in [3.05, 3.63) is 28.8 Å². The zero-order valence-electron chi connectivity index (χ0n) is 11.4. The second-order valence-electron chi connectivity index (χ2n) is 5.57. The lowest BCUT2D eigenvalue weighted by molar-refractivity contribution is 0.315. The van der Waals surface area contributed by atoms with Crippen molar-refractivity contribution in [2.45, 2.75) is 51.0 Å². The summed E-state index contributed by atoms with van der Waals surface area (Å²) in [5, 5.41) is 0.671. The number of nitrogens with one attached hydrogen (secondary N) is 1. The number of halogens is 1. The zero-order valence-corrected chi connectivity index (χ0v) is 12.1. The fraction of sp³-hybridized carbons (Fsp3) is 0.600. The van der Waals surface area contributed by atoms with Crippen molar-refractivity contribution in [1.82, 2.24) is 5.43 Å². The Morgan fingerprint density at radius 2 is 2.00 bits per heavy atom. The second kappa shape index (κ2) is 7.13. The minimum absolute atomic E-state index is 0.124. The first-order valence-corrected chi connectivity index (χ1v) is 7.59. The van der Waals surface area contributed by atoms with Crippen LogP contribution in [-0.4, -0.2) is 0 Å². The monoisotopic (exact) mass is 281 g/mol. The predicted octanol–water partition coefficient (Wildman–Crippen LogP) is 3.79. The maximum Gasteiger partial charge on any atom is 0.0480 e. The van der Waals surface area contributed by atoms with Gasteiger partial charge in [0.05, 0.1) is 0 Å². The molecule has 19 heavy (non-hydrogen) atoms. The molecule has 5 N–H and O–H groups in total. The first-order chi connectivity index (χ1) is 9.20. The van der Waals surface area contributed by atoms with E-state index in [0.717, 1.165) is 23.6 Å². The van der Waals surface area contributed by atoms with Crippen LogP contribution in [0.4, 0.5) is 5.69 Å². The van der Waals surface area contributed by atoms with E-state index in [1.807, 2.05) is 12.1 Å². The molecule has 1 unspecified atom stereocenters. The van der Waals surface area contributed by atoms with Crippen LogP contribution in [0.25, 0.3) is 0 Å². The van der Waals surface area contributed by atoms with Gasteiger partial charge in [-0.25, -0.2) is 0 Å². The lowest BCUT2D eigenvalue weighted by atomic mass is 9.84. The van der Waals surface area contributed by atoms with Crippen molar-refractivity contribution in [3.63, 3.8) is 0 Å². The van der Waals surface area contributed by atoms with Gasteiger partial charge < -0.3 is 5.73 Å². The molecule has 1 aliphatic rings. The van der Waals surface area contributed by atoms with E-state index in [1.165, 1.54) is 38.5 Å². The second-order valence-corrected chi connectivity index (χ2v) is 6.01. The van der Waals surface area contributed by atoms with Crippen LogP contribution in [-0.2, 0) is 0 Å². The van der Waals surface area contributed by atoms with Crippen LogP contribution >= 0.6 is 11.6 Å². The zero-order chi connectivity index (χ0) is 13.7. The number of nitrogen functional groups attached to an aromatic ring is 1. The first-order valence-electron chi connectivity index (χ1n) is 7.21. The molecule has 4 heteroatoms. The summed E-state index contributed by atoms with van der Waals surface area (Å²) in [6.45, 7) is 0. The molecule has 0 aromatic heterocycles. The van der Waals surface area contributed by atoms with Gasteiger partial charge in [0.25, 0.3) is 0 Å². The standard InChI is InChI=1S/C15H24ClN3/c16-12-7-8-13(14(17)10-12)15(19-18)9-6-11-4-2-1-3-5-11/h7-8,10-11,15,19H,1-6,9,17-18H2. The summed E-state index contributed by atoms with van der Waals surface area (Å²) >= 11 is 5.93. The highest BCUT2D eigenvalue weighted by molar-refractivity contribution is 6.30. The van der Waals surface area contributed by atoms with Crippen molar-refractivity contribution in [2.24, 2.45) is 11.8 Å². The molecule has 106 valence electrons. The van der Waals surface area contributed by atoms with Crippen LogP contribution in [0.3, 0.4) is 0 Å². The van der Waals surface area contributed by atoms with Gasteiger partial charge in [0.15, 0.2) is 0 Å². The highest BCUT2D eigenvalue weighted by atomic mass is 35.5. The first kappa shape index (κ1) is 14.6. The van der Waals surface area contributed by atoms with Gasteiger partial charge in [-0.2, -0.15) is 0 Å². The molecule has 1 saturated carbocycles. The average Bonchev–Trinajstić information content (AvgIpc) is 2.42. The Bertz CT molecular complexity index is 402. The van der Waals surface area contributed by atoms with Crippen molar-refractivity contribution < 1.29 is 0 Å². The summed E-state index contributed by atoms with van der Waals surface area (Å²) in [7, 11) is 0. The van der Waals surface area contributed by atoms with Gasteiger partial charge in [0.2, 0.25) is 0 Å². The van der Waals surface area contributed by atoms with Crippen molar-refractivity contribution in [1.29, 1.82) is 0 Å². The lowest BCUT2D eigenvalue weighted by Gasteiger charge is -2.24. The van der Waals surface area contributed by atoms with Gasteiger partial charge in [-0.3, -0.25) is 11.3 Å². The van der Waals surface area contributed by atoms with Crippen molar-refractivity contribution in [2.75, 3.05) is 5.73 Å². The van der Waals surface area contributed by atoms with Crippen LogP contribution < -0.4 is 17.0 Å². The Morgan fingerprint density at radius 3 is 2.63 bits per heavy atom. The molecule has 0 aliphatic heterocycles. The topological polar surface area (TPSA) is 64.1 Å². The van der Waals surface area contributed by atoms with E-state index in [4.69, 9.17) is 23.2 Å². The Kier molecular flexibility index (Phi) is 5.49. The summed E-state index contributed by atoms with van der Waals surface area (Å²) in [4.78, 5) is 0. The Balaban J connectivity index is 1.95. The summed E-state index contributed by atoms with van der Waals surface area (Å²) in [6.07, 6.45) is 9.16. The molecule has 3 nitrogen and oxygen atoms in total. The number of nitrogens with two attached hydrogens (primary N) is 2. The third-order valence-corrected chi connectivity index (χ3v) is 4.45. The van der Waals surface area contributed by atoms with Gasteiger partial charge in [-0.15, -0.1) is 0 Å². The highest BCUT2D eigenvalue weighted by Crippen LogP contribution is 2.32. The van der Waals surface area contributed by atoms with Crippen LogP contribution in [0.15, 0.2) is 18.2 Å². The average molecular weight is 282 g/mol. The number of benzene rings is 1. The third kappa shape index (κ3) is 4.10. The molecule has 1 atom stereocenters. The normalized spacial score (nSPS) is 18.4. The maximum absolute atomic E-state index is 6.03. The Morgan fingerprint density at radius 1 is 1.26 bits per heavy atom. The smallest absolute Gasteiger partial charge is 0.0480 e. The van der Waals surface area contributed by atoms with Crippen LogP contribution in [0.1, 0.15) is 56.6 Å². The summed E-state index contributed by atoms with van der Waals surface area (Å²) < 4.78 is 0. The fourth-order valence-electron chi connectivity index (χ4n) is 3.07. The number of hydrogen-bond donors (Lipinski definition) is 3. The highest BCUT2D eigenvalue weighted by Gasteiger charge is 2.18. The van der Waals surface area contributed by atoms with E-state index in [9.17, 15) is 0 Å². The van der Waals surface area contributed by atoms with E-state index in [2.05, 4.69) is 5.43 Å². The van der Waals surface area contributed by atoms with Gasteiger partial charge >= 0.3 is 0 Å². The molecule has 1 aliphatic carbocycles. The van der Waals surface area contributed by atoms with E-state index >= 15 is 0 Å². The maximum atomic E-state index is 6.03. The van der Waals surface area contributed by atoms with Crippen LogP contribution in [0.5, 0.6) is 0 Å². The molecule has 0 amide bonds. The van der Waals surface area contributed by atoms with Crippen LogP contribution in [0.2, 0.25) is 5.02 Å². The molecule has 2 rings (SSSR count). The van der Waals surface area contributed by atoms with E-state index in [-0.39, 0.29) is 6.04 Å². The summed E-state index contributed by atoms with van der Waals surface area (Å²) in [6, 6.07) is 5.77. The molecule has 1 aromatic carbocycles. The molecule has 0 radical (unpaired) electrons. The third-order valence-electron chi connectivity index (χ3n) is 4.21. The van der Waals surface area contributed by atoms with Gasteiger partial charge in [0, 0.05) is 16.8 Å². The van der Waals surface area contributed by atoms with Crippen molar-refractivity contribution >= 4 is 17.3 Å². The van der Waals surface area contributed by atoms with E-state index < -0.39 is 0 Å². The van der Waals surface area contributed by atoms with Crippen molar-refractivity contribution in [3.8, 4) is 0 Å². The lowest BCUT2D eigenvalue weighted by Crippen LogP contribution is -2.29. The quantitative estimate of drug-likeness (QED) is 0.437. The molecule has 0 heterocycles. The molecule has 1 fully saturated rings. The number of hydrazine groups is 1. The largest absolute Gasteiger partial charge is 0.398 e. The number of anilines is 1. The minimum atomic E-state index is 0.124. The number of rotatable bonds is 5. The molecular weight excluding hydrogens is 258 g/mol. The SMILES string of the molecule is NNC(CCC1CCCCC1)c1ccc(Cl)cc1N. The number of hydrogen-bond acceptors (Lipinski definition) is 3. The summed E-state index contributed by atoms with van der Waals surface area (Å²) in [5.74, 6) is 6.55. The Hall–Kier alpha value is -0.770. The van der Waals surface area contributed by atoms with Gasteiger partial charge in [-0.1, -0.05) is 49.8 Å². The van der Waals surface area contributed by atoms with E-state index in [0.29, 0.717) is 5.02 Å². The molecule has 0 spiro atoms. The Labute approximate surface area is 120 Å². The molecule has 0 bridgehead atoms. The van der Waals surface area contributed by atoms with Gasteiger partial charge in [-0.05, 0) is 36.5 Å². The molecular formula is C15H24ClN3. The fourth-order valence-corrected chi connectivity index (χ4v) is 3.25. The van der Waals surface area contributed by atoms with E-state index in [1.54, 1.807) is 6.07 Å². The predicted molar refractivity (Wildman–Crippen MR) is 81.7 cm³/mol. The summed E-state index contributed by atoms with van der Waals surface area (Å²) in [5.41, 5.74) is 10.7. The molecule has 0 saturated heterocycles. The van der Waals surface area contributed by atoms with Crippen LogP contribution in [0, 0.1) is 5.92 Å². The van der Waals surface area contributed by atoms with Gasteiger partial charge in [0.1, 0.15) is 0 Å². The minimum Gasteiger partial charge on any atom is -0.398 e.